The highest BCUT2D eigenvalue weighted by Crippen LogP contribution is 2.28. The van der Waals surface area contributed by atoms with Gasteiger partial charge in [0, 0.05) is 29.0 Å². The topological polar surface area (TPSA) is 54.7 Å². The van der Waals surface area contributed by atoms with Gasteiger partial charge in [-0.25, -0.2) is 0 Å². The SMILES string of the molecule is Nc1ccnc2ccc(-c3ccc4[nH]ccc4c3)cc12. The number of nitrogens with zero attached hydrogens (tertiary/aromatic N) is 1. The fraction of sp³-hybridized carbons (Fsp3) is 0. The maximum atomic E-state index is 6.03. The Balaban J connectivity index is 1.94. The summed E-state index contributed by atoms with van der Waals surface area (Å²) in [5.74, 6) is 0. The van der Waals surface area contributed by atoms with E-state index in [0.29, 0.717) is 0 Å². The minimum atomic E-state index is 0.763. The molecule has 0 atom stereocenters. The van der Waals surface area contributed by atoms with Crippen LogP contribution in [0.2, 0.25) is 0 Å². The number of nitrogens with two attached hydrogens (primary N) is 1. The van der Waals surface area contributed by atoms with Crippen molar-refractivity contribution in [3.05, 3.63) is 60.9 Å². The largest absolute Gasteiger partial charge is 0.398 e. The molecule has 0 radical (unpaired) electrons. The molecular weight excluding hydrogens is 246 g/mol. The number of rotatable bonds is 1. The zero-order chi connectivity index (χ0) is 13.5. The first-order valence-corrected chi connectivity index (χ1v) is 6.53. The van der Waals surface area contributed by atoms with Crippen molar-refractivity contribution in [1.82, 2.24) is 9.97 Å². The van der Waals surface area contributed by atoms with Crippen LogP contribution in [0.1, 0.15) is 0 Å². The lowest BCUT2D eigenvalue weighted by molar-refractivity contribution is 1.41. The van der Waals surface area contributed by atoms with Crippen molar-refractivity contribution in [1.29, 1.82) is 0 Å². The van der Waals surface area contributed by atoms with Crippen LogP contribution in [0, 0.1) is 0 Å². The number of aromatic nitrogens is 2. The van der Waals surface area contributed by atoms with Gasteiger partial charge in [0.1, 0.15) is 0 Å². The molecule has 2 aromatic heterocycles. The van der Waals surface area contributed by atoms with Gasteiger partial charge in [0.15, 0.2) is 0 Å². The van der Waals surface area contributed by atoms with E-state index in [9.17, 15) is 0 Å². The van der Waals surface area contributed by atoms with E-state index in [1.165, 1.54) is 10.9 Å². The third kappa shape index (κ3) is 1.64. The maximum Gasteiger partial charge on any atom is 0.0723 e. The lowest BCUT2D eigenvalue weighted by atomic mass is 10.0. The minimum Gasteiger partial charge on any atom is -0.398 e. The van der Waals surface area contributed by atoms with E-state index in [2.05, 4.69) is 46.4 Å². The molecule has 4 rings (SSSR count). The van der Waals surface area contributed by atoms with Crippen LogP contribution < -0.4 is 5.73 Å². The van der Waals surface area contributed by atoms with Gasteiger partial charge in [-0.05, 0) is 52.9 Å². The Morgan fingerprint density at radius 2 is 1.75 bits per heavy atom. The molecular formula is C17H13N3. The number of benzene rings is 2. The molecule has 0 amide bonds. The predicted octanol–water partition coefficient (Wildman–Crippen LogP) is 3.97. The molecule has 0 aliphatic carbocycles. The standard InChI is InChI=1S/C17H13N3/c18-15-6-8-20-17-4-2-12(10-14(15)17)11-1-3-16-13(9-11)5-7-19-16/h1-10,19H,(H2,18,20). The molecule has 0 unspecified atom stereocenters. The van der Waals surface area contributed by atoms with Crippen molar-refractivity contribution in [2.75, 3.05) is 5.73 Å². The molecule has 3 heteroatoms. The van der Waals surface area contributed by atoms with Gasteiger partial charge >= 0.3 is 0 Å². The Morgan fingerprint density at radius 3 is 2.70 bits per heavy atom. The molecule has 0 saturated carbocycles. The molecule has 4 aromatic rings. The zero-order valence-electron chi connectivity index (χ0n) is 10.8. The number of nitrogen functional groups attached to an aromatic ring is 1. The summed E-state index contributed by atoms with van der Waals surface area (Å²) in [6.45, 7) is 0. The average molecular weight is 259 g/mol. The summed E-state index contributed by atoms with van der Waals surface area (Å²) in [6.07, 6.45) is 3.69. The molecule has 0 fully saturated rings. The number of fused-ring (bicyclic) bond motifs is 2. The molecule has 3 N–H and O–H groups in total. The fourth-order valence-electron chi connectivity index (χ4n) is 2.58. The first-order valence-electron chi connectivity index (χ1n) is 6.53. The number of H-pyrrole nitrogens is 1. The van der Waals surface area contributed by atoms with E-state index in [4.69, 9.17) is 5.73 Å². The molecule has 0 aliphatic rings. The Morgan fingerprint density at radius 1 is 0.900 bits per heavy atom. The molecule has 0 aliphatic heterocycles. The number of pyridine rings is 1. The van der Waals surface area contributed by atoms with Gasteiger partial charge in [0.2, 0.25) is 0 Å². The predicted molar refractivity (Wildman–Crippen MR) is 83.4 cm³/mol. The van der Waals surface area contributed by atoms with Gasteiger partial charge in [-0.1, -0.05) is 12.1 Å². The summed E-state index contributed by atoms with van der Waals surface area (Å²) >= 11 is 0. The van der Waals surface area contributed by atoms with Gasteiger partial charge < -0.3 is 10.7 Å². The monoisotopic (exact) mass is 259 g/mol. The normalized spacial score (nSPS) is 11.2. The molecule has 0 spiro atoms. The van der Waals surface area contributed by atoms with Crippen LogP contribution in [-0.2, 0) is 0 Å². The van der Waals surface area contributed by atoms with E-state index >= 15 is 0 Å². The second-order valence-electron chi connectivity index (χ2n) is 4.91. The summed E-state index contributed by atoms with van der Waals surface area (Å²) < 4.78 is 0. The van der Waals surface area contributed by atoms with Crippen molar-refractivity contribution in [3.63, 3.8) is 0 Å². The van der Waals surface area contributed by atoms with Crippen LogP contribution in [0.25, 0.3) is 32.9 Å². The summed E-state index contributed by atoms with van der Waals surface area (Å²) in [4.78, 5) is 7.54. The van der Waals surface area contributed by atoms with Crippen LogP contribution in [-0.4, -0.2) is 9.97 Å². The molecule has 96 valence electrons. The van der Waals surface area contributed by atoms with Crippen molar-refractivity contribution in [2.45, 2.75) is 0 Å². The Hall–Kier alpha value is -2.81. The van der Waals surface area contributed by atoms with Gasteiger partial charge in [0.05, 0.1) is 5.52 Å². The number of nitrogens with one attached hydrogen (secondary N) is 1. The maximum absolute atomic E-state index is 6.03. The Bertz CT molecular complexity index is 922. The highest BCUT2D eigenvalue weighted by atomic mass is 14.7. The van der Waals surface area contributed by atoms with E-state index in [0.717, 1.165) is 27.7 Å². The molecule has 2 aromatic carbocycles. The molecule has 2 heterocycles. The second kappa shape index (κ2) is 4.10. The van der Waals surface area contributed by atoms with E-state index in [-0.39, 0.29) is 0 Å². The fourth-order valence-corrected chi connectivity index (χ4v) is 2.58. The number of aromatic amines is 1. The van der Waals surface area contributed by atoms with Gasteiger partial charge in [-0.3, -0.25) is 4.98 Å². The second-order valence-corrected chi connectivity index (χ2v) is 4.91. The number of hydrogen-bond donors (Lipinski definition) is 2. The number of hydrogen-bond acceptors (Lipinski definition) is 2. The third-order valence-corrected chi connectivity index (χ3v) is 3.66. The van der Waals surface area contributed by atoms with Crippen LogP contribution >= 0.6 is 0 Å². The molecule has 0 bridgehead atoms. The first kappa shape index (κ1) is 11.1. The number of anilines is 1. The molecule has 0 saturated heterocycles. The van der Waals surface area contributed by atoms with Gasteiger partial charge in [-0.15, -0.1) is 0 Å². The summed E-state index contributed by atoms with van der Waals surface area (Å²) in [7, 11) is 0. The quantitative estimate of drug-likeness (QED) is 0.543. The molecule has 3 nitrogen and oxygen atoms in total. The zero-order valence-corrected chi connectivity index (χ0v) is 10.8. The first-order chi connectivity index (χ1) is 9.81. The van der Waals surface area contributed by atoms with E-state index in [1.807, 2.05) is 18.3 Å². The lowest BCUT2D eigenvalue weighted by Crippen LogP contribution is -1.89. The highest BCUT2D eigenvalue weighted by Gasteiger charge is 2.04. The van der Waals surface area contributed by atoms with E-state index < -0.39 is 0 Å². The van der Waals surface area contributed by atoms with Gasteiger partial charge in [-0.2, -0.15) is 0 Å². The summed E-state index contributed by atoms with van der Waals surface area (Å²) in [5.41, 5.74) is 11.2. The third-order valence-electron chi connectivity index (χ3n) is 3.66. The van der Waals surface area contributed by atoms with Crippen molar-refractivity contribution in [2.24, 2.45) is 0 Å². The average Bonchev–Trinajstić information content (AvgIpc) is 2.95. The summed E-state index contributed by atoms with van der Waals surface area (Å²) in [5, 5.41) is 2.21. The smallest absolute Gasteiger partial charge is 0.0723 e. The van der Waals surface area contributed by atoms with Crippen LogP contribution in [0.5, 0.6) is 0 Å². The highest BCUT2D eigenvalue weighted by molar-refractivity contribution is 5.94. The summed E-state index contributed by atoms with van der Waals surface area (Å²) in [6, 6.07) is 16.5. The Labute approximate surface area is 116 Å². The van der Waals surface area contributed by atoms with Crippen LogP contribution in [0.4, 0.5) is 5.69 Å². The molecule has 20 heavy (non-hydrogen) atoms. The van der Waals surface area contributed by atoms with Crippen LogP contribution in [0.3, 0.4) is 0 Å². The van der Waals surface area contributed by atoms with Crippen molar-refractivity contribution < 1.29 is 0 Å². The minimum absolute atomic E-state index is 0.763. The van der Waals surface area contributed by atoms with E-state index in [1.54, 1.807) is 6.20 Å². The van der Waals surface area contributed by atoms with Gasteiger partial charge in [0.25, 0.3) is 0 Å². The van der Waals surface area contributed by atoms with Crippen LogP contribution in [0.15, 0.2) is 60.9 Å². The lowest BCUT2D eigenvalue weighted by Gasteiger charge is -2.06. The Kier molecular flexibility index (Phi) is 2.27. The van der Waals surface area contributed by atoms with Crippen molar-refractivity contribution in [3.8, 4) is 11.1 Å². The van der Waals surface area contributed by atoms with Crippen molar-refractivity contribution >= 4 is 27.5 Å².